The summed E-state index contributed by atoms with van der Waals surface area (Å²) in [6, 6.07) is 9.66. The summed E-state index contributed by atoms with van der Waals surface area (Å²) in [6.45, 7) is 1.38. The number of halogens is 6. The predicted molar refractivity (Wildman–Crippen MR) is 119 cm³/mol. The number of anilines is 5. The Labute approximate surface area is 196 Å². The molecule has 1 aliphatic rings. The second kappa shape index (κ2) is 9.51. The molecule has 1 saturated heterocycles. The lowest BCUT2D eigenvalue weighted by Crippen LogP contribution is -2.21. The molecule has 0 aliphatic carbocycles. The molecule has 186 valence electrons. The molecular formula is C23H21F6N5O. The van der Waals surface area contributed by atoms with Gasteiger partial charge in [0, 0.05) is 30.5 Å². The summed E-state index contributed by atoms with van der Waals surface area (Å²) >= 11 is 0. The normalized spacial score (nSPS) is 14.2. The quantitative estimate of drug-likeness (QED) is 0.374. The first-order valence-corrected chi connectivity index (χ1v) is 10.6. The zero-order valence-corrected chi connectivity index (χ0v) is 18.5. The van der Waals surface area contributed by atoms with Crippen molar-refractivity contribution in [2.24, 2.45) is 0 Å². The van der Waals surface area contributed by atoms with Crippen molar-refractivity contribution in [1.82, 2.24) is 9.97 Å². The van der Waals surface area contributed by atoms with Gasteiger partial charge in [0.05, 0.1) is 18.2 Å². The van der Waals surface area contributed by atoms with E-state index in [2.05, 4.69) is 20.6 Å². The fourth-order valence-corrected chi connectivity index (χ4v) is 3.62. The fourth-order valence-electron chi connectivity index (χ4n) is 3.62. The van der Waals surface area contributed by atoms with E-state index in [9.17, 15) is 26.3 Å². The van der Waals surface area contributed by atoms with Crippen LogP contribution in [-0.4, -0.2) is 30.2 Å². The molecule has 0 atom stereocenters. The summed E-state index contributed by atoms with van der Waals surface area (Å²) in [5.74, 6) is 1.32. The van der Waals surface area contributed by atoms with Crippen molar-refractivity contribution < 1.29 is 31.1 Å². The zero-order chi connectivity index (χ0) is 25.2. The number of hydrogen-bond acceptors (Lipinski definition) is 6. The second-order valence-corrected chi connectivity index (χ2v) is 7.91. The monoisotopic (exact) mass is 497 g/mol. The summed E-state index contributed by atoms with van der Waals surface area (Å²) in [6.07, 6.45) is -8.06. The first-order valence-electron chi connectivity index (χ1n) is 10.6. The first-order chi connectivity index (χ1) is 16.5. The minimum atomic E-state index is -4.95. The average molecular weight is 497 g/mol. The molecule has 0 unspecified atom stereocenters. The van der Waals surface area contributed by atoms with Gasteiger partial charge in [-0.2, -0.15) is 36.3 Å². The van der Waals surface area contributed by atoms with E-state index in [-0.39, 0.29) is 11.9 Å². The van der Waals surface area contributed by atoms with Gasteiger partial charge in [0.15, 0.2) is 0 Å². The molecule has 35 heavy (non-hydrogen) atoms. The summed E-state index contributed by atoms with van der Waals surface area (Å²) < 4.78 is 84.7. The maximum atomic E-state index is 13.3. The van der Waals surface area contributed by atoms with Gasteiger partial charge in [0.25, 0.3) is 0 Å². The van der Waals surface area contributed by atoms with Crippen LogP contribution in [0.4, 0.5) is 55.3 Å². The fraction of sp³-hybridized carbons (Fsp3) is 0.304. The molecular weight excluding hydrogens is 476 g/mol. The molecule has 12 heteroatoms. The minimum Gasteiger partial charge on any atom is -0.497 e. The van der Waals surface area contributed by atoms with Crippen molar-refractivity contribution in [3.05, 3.63) is 59.7 Å². The van der Waals surface area contributed by atoms with Crippen molar-refractivity contribution in [2.45, 2.75) is 25.2 Å². The molecule has 1 fully saturated rings. The Morgan fingerprint density at radius 1 is 0.743 bits per heavy atom. The maximum absolute atomic E-state index is 13.3. The summed E-state index contributed by atoms with van der Waals surface area (Å²) in [5.41, 5.74) is -2.57. The predicted octanol–water partition coefficient (Wildman–Crippen LogP) is 6.61. The molecule has 2 N–H and O–H groups in total. The molecule has 1 aliphatic heterocycles. The third-order valence-electron chi connectivity index (χ3n) is 5.33. The smallest absolute Gasteiger partial charge is 0.416 e. The van der Waals surface area contributed by atoms with Crippen molar-refractivity contribution in [3.8, 4) is 5.75 Å². The molecule has 2 aromatic carbocycles. The average Bonchev–Trinajstić information content (AvgIpc) is 3.33. The van der Waals surface area contributed by atoms with Crippen LogP contribution in [0.1, 0.15) is 24.0 Å². The van der Waals surface area contributed by atoms with Gasteiger partial charge in [-0.3, -0.25) is 0 Å². The summed E-state index contributed by atoms with van der Waals surface area (Å²) in [5, 5.41) is 5.68. The Balaban J connectivity index is 1.70. The standard InChI is InChI=1S/C23H21F6N5O/c1-35-18-6-4-16(5-7-18)30-19-13-20(33-21(32-19)34-8-2-3-9-34)31-17-11-14(22(24,25)26)10-15(12-17)23(27,28)29/h4-7,10-13H,2-3,8-9H2,1H3,(H2,30,31,32,33). The Morgan fingerprint density at radius 2 is 1.26 bits per heavy atom. The largest absolute Gasteiger partial charge is 0.497 e. The molecule has 2 heterocycles. The van der Waals surface area contributed by atoms with Crippen LogP contribution in [0.15, 0.2) is 48.5 Å². The van der Waals surface area contributed by atoms with E-state index in [0.717, 1.165) is 12.8 Å². The van der Waals surface area contributed by atoms with Gasteiger partial charge >= 0.3 is 12.4 Å². The third-order valence-corrected chi connectivity index (χ3v) is 5.33. The zero-order valence-electron chi connectivity index (χ0n) is 18.5. The van der Waals surface area contributed by atoms with Crippen LogP contribution >= 0.6 is 0 Å². The highest BCUT2D eigenvalue weighted by molar-refractivity contribution is 5.66. The van der Waals surface area contributed by atoms with Crippen molar-refractivity contribution in [2.75, 3.05) is 35.7 Å². The highest BCUT2D eigenvalue weighted by atomic mass is 19.4. The molecule has 0 saturated carbocycles. The number of hydrogen-bond donors (Lipinski definition) is 2. The van der Waals surface area contributed by atoms with Crippen molar-refractivity contribution >= 4 is 29.0 Å². The number of nitrogens with zero attached hydrogens (tertiary/aromatic N) is 3. The molecule has 3 aromatic rings. The van der Waals surface area contributed by atoms with Gasteiger partial charge in [0.2, 0.25) is 5.95 Å². The van der Waals surface area contributed by atoms with Crippen LogP contribution in [0.2, 0.25) is 0 Å². The highest BCUT2D eigenvalue weighted by Crippen LogP contribution is 2.38. The van der Waals surface area contributed by atoms with Crippen LogP contribution in [0.3, 0.4) is 0 Å². The Bertz CT molecular complexity index is 1140. The molecule has 6 nitrogen and oxygen atoms in total. The topological polar surface area (TPSA) is 62.3 Å². The molecule has 4 rings (SSSR count). The van der Waals surface area contributed by atoms with Gasteiger partial charge in [-0.05, 0) is 55.3 Å². The van der Waals surface area contributed by atoms with Gasteiger partial charge in [0.1, 0.15) is 17.4 Å². The van der Waals surface area contributed by atoms with E-state index in [1.54, 1.807) is 24.3 Å². The second-order valence-electron chi connectivity index (χ2n) is 7.91. The van der Waals surface area contributed by atoms with Gasteiger partial charge in [-0.25, -0.2) is 0 Å². The number of ether oxygens (including phenoxy) is 1. The van der Waals surface area contributed by atoms with E-state index in [4.69, 9.17) is 4.74 Å². The number of methoxy groups -OCH3 is 1. The number of alkyl halides is 6. The lowest BCUT2D eigenvalue weighted by atomic mass is 10.1. The van der Waals surface area contributed by atoms with E-state index >= 15 is 0 Å². The Kier molecular flexibility index (Phi) is 6.64. The molecule has 0 amide bonds. The molecule has 0 bridgehead atoms. The number of aromatic nitrogens is 2. The Hall–Kier alpha value is -3.70. The summed E-state index contributed by atoms with van der Waals surface area (Å²) in [7, 11) is 1.53. The van der Waals surface area contributed by atoms with Crippen molar-refractivity contribution in [3.63, 3.8) is 0 Å². The molecule has 0 spiro atoms. The van der Waals surface area contributed by atoms with Gasteiger partial charge in [-0.15, -0.1) is 0 Å². The highest BCUT2D eigenvalue weighted by Gasteiger charge is 2.37. The van der Waals surface area contributed by atoms with Crippen LogP contribution in [0.25, 0.3) is 0 Å². The first kappa shape index (κ1) is 24.4. The van der Waals surface area contributed by atoms with Crippen LogP contribution in [0.5, 0.6) is 5.75 Å². The van der Waals surface area contributed by atoms with E-state index < -0.39 is 29.2 Å². The Morgan fingerprint density at radius 3 is 1.74 bits per heavy atom. The van der Waals surface area contributed by atoms with E-state index in [1.165, 1.54) is 13.2 Å². The number of benzene rings is 2. The maximum Gasteiger partial charge on any atom is 0.416 e. The minimum absolute atomic E-state index is 0.0466. The van der Waals surface area contributed by atoms with E-state index in [1.807, 2.05) is 4.90 Å². The van der Waals surface area contributed by atoms with E-state index in [0.29, 0.717) is 48.4 Å². The third kappa shape index (κ3) is 6.06. The van der Waals surface area contributed by atoms with Crippen LogP contribution in [0, 0.1) is 0 Å². The van der Waals surface area contributed by atoms with Gasteiger partial charge in [-0.1, -0.05) is 0 Å². The van der Waals surface area contributed by atoms with Crippen LogP contribution in [-0.2, 0) is 12.4 Å². The lowest BCUT2D eigenvalue weighted by Gasteiger charge is -2.19. The SMILES string of the molecule is COc1ccc(Nc2cc(Nc3cc(C(F)(F)F)cc(C(F)(F)F)c3)nc(N3CCCC3)n2)cc1. The molecule has 1 aromatic heterocycles. The number of rotatable bonds is 6. The van der Waals surface area contributed by atoms with Crippen molar-refractivity contribution in [1.29, 1.82) is 0 Å². The van der Waals surface area contributed by atoms with Crippen LogP contribution < -0.4 is 20.3 Å². The van der Waals surface area contributed by atoms with Gasteiger partial charge < -0.3 is 20.3 Å². The lowest BCUT2D eigenvalue weighted by molar-refractivity contribution is -0.143. The number of nitrogens with one attached hydrogen (secondary N) is 2. The summed E-state index contributed by atoms with van der Waals surface area (Å²) in [4.78, 5) is 10.7. The molecule has 0 radical (unpaired) electrons.